The summed E-state index contributed by atoms with van der Waals surface area (Å²) in [5, 5.41) is 7.20. The number of hydrogen-bond donors (Lipinski definition) is 1. The molecule has 0 amide bonds. The van der Waals surface area contributed by atoms with Crippen LogP contribution < -0.4 is 14.2 Å². The second-order valence-corrected chi connectivity index (χ2v) is 4.72. The lowest BCUT2D eigenvalue weighted by Crippen LogP contribution is -1.96. The summed E-state index contributed by atoms with van der Waals surface area (Å²) in [6, 6.07) is 3.73. The van der Waals surface area contributed by atoms with E-state index in [4.69, 9.17) is 14.2 Å². The molecule has 0 aliphatic carbocycles. The van der Waals surface area contributed by atoms with Gasteiger partial charge >= 0.3 is 0 Å². The fourth-order valence-corrected chi connectivity index (χ4v) is 2.23. The molecule has 1 N–H and O–H groups in total. The van der Waals surface area contributed by atoms with Gasteiger partial charge in [-0.3, -0.25) is 5.10 Å². The van der Waals surface area contributed by atoms with Crippen LogP contribution in [-0.2, 0) is 0 Å². The third-order valence-electron chi connectivity index (χ3n) is 2.81. The van der Waals surface area contributed by atoms with E-state index in [9.17, 15) is 0 Å². The van der Waals surface area contributed by atoms with E-state index in [1.807, 2.05) is 19.1 Å². The third-order valence-corrected chi connectivity index (χ3v) is 3.78. The Labute approximate surface area is 120 Å². The average Bonchev–Trinajstić information content (AvgIpc) is 2.77. The molecular weight excluding hydrogens is 312 g/mol. The van der Waals surface area contributed by atoms with Crippen molar-refractivity contribution in [2.45, 2.75) is 6.92 Å². The molecule has 0 aliphatic heterocycles. The number of rotatable bonds is 4. The zero-order chi connectivity index (χ0) is 14.0. The molecule has 0 unspecified atom stereocenters. The lowest BCUT2D eigenvalue weighted by molar-refractivity contribution is 0.324. The van der Waals surface area contributed by atoms with Crippen molar-refractivity contribution in [3.63, 3.8) is 0 Å². The SMILES string of the molecule is COc1cc(-c2n[nH]c(C)c2Br)cc(OC)c1OC. The quantitative estimate of drug-likeness (QED) is 0.937. The summed E-state index contributed by atoms with van der Waals surface area (Å²) < 4.78 is 16.9. The summed E-state index contributed by atoms with van der Waals surface area (Å²) in [7, 11) is 4.76. The van der Waals surface area contributed by atoms with Gasteiger partial charge in [0.1, 0.15) is 5.69 Å². The second kappa shape index (κ2) is 5.52. The molecule has 0 aliphatic rings. The van der Waals surface area contributed by atoms with E-state index in [1.165, 1.54) is 0 Å². The van der Waals surface area contributed by atoms with Crippen LogP contribution in [0.1, 0.15) is 5.69 Å². The van der Waals surface area contributed by atoms with Crippen LogP contribution in [0.2, 0.25) is 0 Å². The van der Waals surface area contributed by atoms with Gasteiger partial charge in [0.25, 0.3) is 0 Å². The fraction of sp³-hybridized carbons (Fsp3) is 0.308. The summed E-state index contributed by atoms with van der Waals surface area (Å²) >= 11 is 3.51. The maximum absolute atomic E-state index is 5.33. The van der Waals surface area contributed by atoms with Gasteiger partial charge in [0, 0.05) is 11.3 Å². The van der Waals surface area contributed by atoms with Crippen LogP contribution in [0.4, 0.5) is 0 Å². The fourth-order valence-electron chi connectivity index (χ4n) is 1.82. The topological polar surface area (TPSA) is 56.4 Å². The number of halogens is 1. The zero-order valence-electron chi connectivity index (χ0n) is 11.2. The van der Waals surface area contributed by atoms with Crippen LogP contribution in [0, 0.1) is 6.92 Å². The number of benzene rings is 1. The van der Waals surface area contributed by atoms with Crippen molar-refractivity contribution in [2.75, 3.05) is 21.3 Å². The van der Waals surface area contributed by atoms with Crippen molar-refractivity contribution < 1.29 is 14.2 Å². The Morgan fingerprint density at radius 1 is 1.05 bits per heavy atom. The predicted molar refractivity (Wildman–Crippen MR) is 76.1 cm³/mol. The van der Waals surface area contributed by atoms with E-state index in [0.29, 0.717) is 17.2 Å². The van der Waals surface area contributed by atoms with Crippen LogP contribution in [0.15, 0.2) is 16.6 Å². The summed E-state index contributed by atoms with van der Waals surface area (Å²) in [5.74, 6) is 1.77. The molecule has 0 fully saturated rings. The van der Waals surface area contributed by atoms with Crippen molar-refractivity contribution in [1.82, 2.24) is 10.2 Å². The van der Waals surface area contributed by atoms with Gasteiger partial charge < -0.3 is 14.2 Å². The van der Waals surface area contributed by atoms with Crippen molar-refractivity contribution in [3.05, 3.63) is 22.3 Å². The Balaban J connectivity index is 2.62. The van der Waals surface area contributed by atoms with Crippen LogP contribution in [0.25, 0.3) is 11.3 Å². The first-order chi connectivity index (χ1) is 9.12. The molecule has 0 spiro atoms. The van der Waals surface area contributed by atoms with Gasteiger partial charge in [-0.15, -0.1) is 0 Å². The smallest absolute Gasteiger partial charge is 0.203 e. The molecular formula is C13H15BrN2O3. The van der Waals surface area contributed by atoms with Gasteiger partial charge in [0.2, 0.25) is 5.75 Å². The van der Waals surface area contributed by atoms with E-state index >= 15 is 0 Å². The lowest BCUT2D eigenvalue weighted by atomic mass is 10.1. The molecule has 6 heteroatoms. The van der Waals surface area contributed by atoms with Gasteiger partial charge in [-0.2, -0.15) is 5.10 Å². The van der Waals surface area contributed by atoms with Crippen molar-refractivity contribution in [3.8, 4) is 28.5 Å². The normalized spacial score (nSPS) is 10.4. The highest BCUT2D eigenvalue weighted by atomic mass is 79.9. The third kappa shape index (κ3) is 2.40. The molecule has 2 aromatic rings. The van der Waals surface area contributed by atoms with E-state index < -0.39 is 0 Å². The first-order valence-electron chi connectivity index (χ1n) is 5.63. The molecule has 0 bridgehead atoms. The maximum Gasteiger partial charge on any atom is 0.203 e. The number of aromatic amines is 1. The highest BCUT2D eigenvalue weighted by Gasteiger charge is 2.17. The number of ether oxygens (including phenoxy) is 3. The summed E-state index contributed by atoms with van der Waals surface area (Å²) in [6.07, 6.45) is 0. The Morgan fingerprint density at radius 2 is 1.63 bits per heavy atom. The molecule has 2 rings (SSSR count). The Hall–Kier alpha value is -1.69. The standard InChI is InChI=1S/C13H15BrN2O3/c1-7-11(14)12(16-15-7)8-5-9(17-2)13(19-4)10(6-8)18-3/h5-6H,1-4H3,(H,15,16). The van der Waals surface area contributed by atoms with Gasteiger partial charge in [0.05, 0.1) is 25.8 Å². The van der Waals surface area contributed by atoms with Crippen molar-refractivity contribution >= 4 is 15.9 Å². The van der Waals surface area contributed by atoms with Crippen LogP contribution in [0.5, 0.6) is 17.2 Å². The second-order valence-electron chi connectivity index (χ2n) is 3.93. The van der Waals surface area contributed by atoms with Crippen LogP contribution in [0.3, 0.4) is 0 Å². The Morgan fingerprint density at radius 3 is 2.00 bits per heavy atom. The maximum atomic E-state index is 5.33. The molecule has 0 saturated heterocycles. The van der Waals surface area contributed by atoms with Gasteiger partial charge in [-0.25, -0.2) is 0 Å². The molecule has 1 aromatic carbocycles. The lowest BCUT2D eigenvalue weighted by Gasteiger charge is -2.13. The van der Waals surface area contributed by atoms with Crippen LogP contribution >= 0.6 is 15.9 Å². The molecule has 0 radical (unpaired) electrons. The summed E-state index contributed by atoms with van der Waals surface area (Å²) in [4.78, 5) is 0. The van der Waals surface area contributed by atoms with Gasteiger partial charge in [0.15, 0.2) is 11.5 Å². The number of nitrogens with zero attached hydrogens (tertiary/aromatic N) is 1. The zero-order valence-corrected chi connectivity index (χ0v) is 12.8. The van der Waals surface area contributed by atoms with Gasteiger partial charge in [-0.1, -0.05) is 0 Å². The number of methoxy groups -OCH3 is 3. The van der Waals surface area contributed by atoms with Crippen molar-refractivity contribution in [2.24, 2.45) is 0 Å². The number of aryl methyl sites for hydroxylation is 1. The molecule has 1 aromatic heterocycles. The molecule has 1 heterocycles. The Kier molecular flexibility index (Phi) is 3.99. The minimum absolute atomic E-state index is 0.567. The highest BCUT2D eigenvalue weighted by Crippen LogP contribution is 2.42. The first kappa shape index (κ1) is 13.7. The molecule has 19 heavy (non-hydrogen) atoms. The molecule has 102 valence electrons. The van der Waals surface area contributed by atoms with Gasteiger partial charge in [-0.05, 0) is 35.0 Å². The van der Waals surface area contributed by atoms with Crippen LogP contribution in [-0.4, -0.2) is 31.5 Å². The number of hydrogen-bond acceptors (Lipinski definition) is 4. The van der Waals surface area contributed by atoms with E-state index in [0.717, 1.165) is 21.4 Å². The number of aromatic nitrogens is 2. The highest BCUT2D eigenvalue weighted by molar-refractivity contribution is 9.10. The molecule has 0 atom stereocenters. The summed E-state index contributed by atoms with van der Waals surface area (Å²) in [6.45, 7) is 1.94. The predicted octanol–water partition coefficient (Wildman–Crippen LogP) is 3.17. The van der Waals surface area contributed by atoms with E-state index in [1.54, 1.807) is 21.3 Å². The average molecular weight is 327 g/mol. The first-order valence-corrected chi connectivity index (χ1v) is 6.42. The summed E-state index contributed by atoms with van der Waals surface area (Å²) in [5.41, 5.74) is 2.64. The largest absolute Gasteiger partial charge is 0.493 e. The van der Waals surface area contributed by atoms with E-state index in [-0.39, 0.29) is 0 Å². The number of H-pyrrole nitrogens is 1. The van der Waals surface area contributed by atoms with E-state index in [2.05, 4.69) is 26.1 Å². The molecule has 5 nitrogen and oxygen atoms in total. The minimum atomic E-state index is 0.567. The monoisotopic (exact) mass is 326 g/mol. The minimum Gasteiger partial charge on any atom is -0.493 e. The molecule has 0 saturated carbocycles. The van der Waals surface area contributed by atoms with Crippen molar-refractivity contribution in [1.29, 1.82) is 0 Å². The Bertz CT molecular complexity index is 571. The number of nitrogens with one attached hydrogen (secondary N) is 1.